The Bertz CT molecular complexity index is 900. The fraction of sp³-hybridized carbons (Fsp3) is 0.381. The number of nitrogens with one attached hydrogen (secondary N) is 1. The Morgan fingerprint density at radius 2 is 1.54 bits per heavy atom. The summed E-state index contributed by atoms with van der Waals surface area (Å²) in [4.78, 5) is 12.4. The van der Waals surface area contributed by atoms with Crippen molar-refractivity contribution in [2.24, 2.45) is 0 Å². The summed E-state index contributed by atoms with van der Waals surface area (Å²) in [5, 5.41) is 2.93. The lowest BCUT2D eigenvalue weighted by Gasteiger charge is -2.31. The summed E-state index contributed by atoms with van der Waals surface area (Å²) in [5.74, 6) is 0.458. The Morgan fingerprint density at radius 1 is 1.00 bits per heavy atom. The van der Waals surface area contributed by atoms with Crippen LogP contribution in [0, 0.1) is 13.8 Å². The van der Waals surface area contributed by atoms with E-state index in [-0.39, 0.29) is 18.6 Å². The number of nitrogens with zero attached hydrogens (tertiary/aromatic N) is 1. The zero-order chi connectivity index (χ0) is 20.1. The van der Waals surface area contributed by atoms with Crippen molar-refractivity contribution in [1.82, 2.24) is 9.62 Å². The van der Waals surface area contributed by atoms with Gasteiger partial charge in [0.15, 0.2) is 6.61 Å². The minimum Gasteiger partial charge on any atom is -0.484 e. The fourth-order valence-corrected chi connectivity index (χ4v) is 4.62. The van der Waals surface area contributed by atoms with E-state index in [1.165, 1.54) is 4.31 Å². The molecule has 3 rings (SSSR count). The molecular weight excluding hydrogens is 376 g/mol. The number of aryl methyl sites for hydroxylation is 2. The van der Waals surface area contributed by atoms with Crippen molar-refractivity contribution in [2.75, 3.05) is 19.7 Å². The van der Waals surface area contributed by atoms with Crippen molar-refractivity contribution in [3.63, 3.8) is 0 Å². The number of piperidine rings is 1. The highest BCUT2D eigenvalue weighted by molar-refractivity contribution is 7.89. The van der Waals surface area contributed by atoms with Crippen LogP contribution in [-0.2, 0) is 14.8 Å². The predicted octanol–water partition coefficient (Wildman–Crippen LogP) is 2.65. The van der Waals surface area contributed by atoms with Gasteiger partial charge in [-0.2, -0.15) is 4.31 Å². The molecule has 0 bridgehead atoms. The average molecular weight is 403 g/mol. The quantitative estimate of drug-likeness (QED) is 0.806. The van der Waals surface area contributed by atoms with Gasteiger partial charge >= 0.3 is 0 Å². The van der Waals surface area contributed by atoms with Gasteiger partial charge in [-0.3, -0.25) is 4.79 Å². The summed E-state index contributed by atoms with van der Waals surface area (Å²) in [6.07, 6.45) is 1.17. The number of hydrogen-bond donors (Lipinski definition) is 1. The molecule has 0 radical (unpaired) electrons. The number of sulfonamides is 1. The second-order valence-electron chi connectivity index (χ2n) is 7.16. The molecule has 0 unspecified atom stereocenters. The van der Waals surface area contributed by atoms with E-state index in [2.05, 4.69) is 5.32 Å². The maximum Gasteiger partial charge on any atom is 0.258 e. The Hall–Kier alpha value is -2.38. The van der Waals surface area contributed by atoms with Crippen LogP contribution in [0.15, 0.2) is 53.4 Å². The monoisotopic (exact) mass is 402 g/mol. The highest BCUT2D eigenvalue weighted by Gasteiger charge is 2.29. The van der Waals surface area contributed by atoms with E-state index >= 15 is 0 Å². The molecular formula is C21H26N2O4S. The van der Waals surface area contributed by atoms with Crippen LogP contribution < -0.4 is 10.1 Å². The third kappa shape index (κ3) is 5.11. The molecule has 1 aliphatic heterocycles. The molecule has 1 N–H and O–H groups in total. The first-order chi connectivity index (χ1) is 13.3. The van der Waals surface area contributed by atoms with Gasteiger partial charge in [0.25, 0.3) is 5.91 Å². The van der Waals surface area contributed by atoms with Crippen LogP contribution in [0.3, 0.4) is 0 Å². The van der Waals surface area contributed by atoms with E-state index in [0.29, 0.717) is 36.6 Å². The SMILES string of the molecule is Cc1ccc(OCC(=O)NC2CCN(S(=O)(=O)c3ccc(C)cc3)CC2)cc1. The summed E-state index contributed by atoms with van der Waals surface area (Å²) < 4.78 is 32.4. The maximum absolute atomic E-state index is 12.7. The third-order valence-electron chi connectivity index (χ3n) is 4.87. The van der Waals surface area contributed by atoms with Crippen LogP contribution in [0.2, 0.25) is 0 Å². The van der Waals surface area contributed by atoms with Gasteiger partial charge in [-0.15, -0.1) is 0 Å². The van der Waals surface area contributed by atoms with E-state index in [1.54, 1.807) is 24.3 Å². The fourth-order valence-electron chi connectivity index (χ4n) is 3.15. The van der Waals surface area contributed by atoms with E-state index in [0.717, 1.165) is 11.1 Å². The lowest BCUT2D eigenvalue weighted by Crippen LogP contribution is -2.47. The highest BCUT2D eigenvalue weighted by Crippen LogP contribution is 2.21. The topological polar surface area (TPSA) is 75.7 Å². The van der Waals surface area contributed by atoms with Gasteiger partial charge in [0.05, 0.1) is 4.90 Å². The molecule has 6 nitrogen and oxygen atoms in total. The van der Waals surface area contributed by atoms with Crippen LogP contribution >= 0.6 is 0 Å². The first-order valence-electron chi connectivity index (χ1n) is 9.40. The maximum atomic E-state index is 12.7. The van der Waals surface area contributed by atoms with Gasteiger partial charge in [-0.25, -0.2) is 8.42 Å². The van der Waals surface area contributed by atoms with E-state index in [9.17, 15) is 13.2 Å². The zero-order valence-corrected chi connectivity index (χ0v) is 17.0. The van der Waals surface area contributed by atoms with Crippen molar-refractivity contribution in [3.05, 3.63) is 59.7 Å². The minimum atomic E-state index is -3.48. The number of ether oxygens (including phenoxy) is 1. The Labute approximate surface area is 166 Å². The van der Waals surface area contributed by atoms with Crippen LogP contribution in [0.5, 0.6) is 5.75 Å². The minimum absolute atomic E-state index is 0.0430. The van der Waals surface area contributed by atoms with Crippen molar-refractivity contribution in [1.29, 1.82) is 0 Å². The van der Waals surface area contributed by atoms with E-state index in [1.807, 2.05) is 38.1 Å². The van der Waals surface area contributed by atoms with Gasteiger partial charge in [0.2, 0.25) is 10.0 Å². The van der Waals surface area contributed by atoms with Crippen molar-refractivity contribution in [3.8, 4) is 5.75 Å². The zero-order valence-electron chi connectivity index (χ0n) is 16.2. The van der Waals surface area contributed by atoms with Crippen LogP contribution in [0.25, 0.3) is 0 Å². The molecule has 0 saturated carbocycles. The van der Waals surface area contributed by atoms with Crippen molar-refractivity contribution < 1.29 is 17.9 Å². The molecule has 1 heterocycles. The summed E-state index contributed by atoms with van der Waals surface area (Å²) in [6, 6.07) is 14.4. The molecule has 7 heteroatoms. The molecule has 0 aromatic heterocycles. The molecule has 2 aromatic carbocycles. The smallest absolute Gasteiger partial charge is 0.258 e. The average Bonchev–Trinajstić information content (AvgIpc) is 2.68. The molecule has 1 amide bonds. The Kier molecular flexibility index (Phi) is 6.36. The number of amides is 1. The van der Waals surface area contributed by atoms with Gasteiger partial charge in [0, 0.05) is 19.1 Å². The first kappa shape index (κ1) is 20.4. The van der Waals surface area contributed by atoms with Crippen LogP contribution in [0.1, 0.15) is 24.0 Å². The van der Waals surface area contributed by atoms with Crippen molar-refractivity contribution >= 4 is 15.9 Å². The number of carbonyl (C=O) groups is 1. The number of rotatable bonds is 6. The molecule has 1 aliphatic rings. The van der Waals surface area contributed by atoms with Crippen molar-refractivity contribution in [2.45, 2.75) is 37.6 Å². The number of benzene rings is 2. The van der Waals surface area contributed by atoms with Gasteiger partial charge in [0.1, 0.15) is 5.75 Å². The van der Waals surface area contributed by atoms with Crippen LogP contribution in [0.4, 0.5) is 0 Å². The molecule has 1 fully saturated rings. The van der Waals surface area contributed by atoms with Crippen LogP contribution in [-0.4, -0.2) is 44.4 Å². The largest absolute Gasteiger partial charge is 0.484 e. The summed E-state index contributed by atoms with van der Waals surface area (Å²) in [7, 11) is -3.48. The molecule has 0 atom stereocenters. The predicted molar refractivity (Wildman–Crippen MR) is 108 cm³/mol. The highest BCUT2D eigenvalue weighted by atomic mass is 32.2. The summed E-state index contributed by atoms with van der Waals surface area (Å²) >= 11 is 0. The lowest BCUT2D eigenvalue weighted by molar-refractivity contribution is -0.124. The first-order valence-corrected chi connectivity index (χ1v) is 10.8. The molecule has 150 valence electrons. The molecule has 2 aromatic rings. The Balaban J connectivity index is 1.47. The van der Waals surface area contributed by atoms with Gasteiger partial charge in [-0.1, -0.05) is 35.4 Å². The van der Waals surface area contributed by atoms with E-state index < -0.39 is 10.0 Å². The summed E-state index contributed by atoms with van der Waals surface area (Å²) in [6.45, 7) is 4.64. The molecule has 28 heavy (non-hydrogen) atoms. The molecule has 0 spiro atoms. The Morgan fingerprint density at radius 3 is 2.11 bits per heavy atom. The third-order valence-corrected chi connectivity index (χ3v) is 6.78. The molecule has 1 saturated heterocycles. The van der Waals surface area contributed by atoms with Gasteiger partial charge in [-0.05, 0) is 51.0 Å². The normalized spacial score (nSPS) is 15.9. The van der Waals surface area contributed by atoms with Gasteiger partial charge < -0.3 is 10.1 Å². The number of hydrogen-bond acceptors (Lipinski definition) is 4. The second-order valence-corrected chi connectivity index (χ2v) is 9.10. The second kappa shape index (κ2) is 8.75. The standard InChI is InChI=1S/C21H26N2O4S/c1-16-3-7-19(8-4-16)27-15-21(24)22-18-11-13-23(14-12-18)28(25,26)20-9-5-17(2)6-10-20/h3-10,18H,11-15H2,1-2H3,(H,22,24). The lowest BCUT2D eigenvalue weighted by atomic mass is 10.1. The number of carbonyl (C=O) groups excluding carboxylic acids is 1. The molecule has 0 aliphatic carbocycles. The summed E-state index contributed by atoms with van der Waals surface area (Å²) in [5.41, 5.74) is 2.15. The van der Waals surface area contributed by atoms with E-state index in [4.69, 9.17) is 4.74 Å².